The average molecular weight is 274 g/mol. The van der Waals surface area contributed by atoms with Crippen molar-refractivity contribution in [2.45, 2.75) is 52.6 Å². The van der Waals surface area contributed by atoms with Gasteiger partial charge in [-0.25, -0.2) is 0 Å². The highest BCUT2D eigenvalue weighted by molar-refractivity contribution is 5.78. The molecule has 0 aliphatic heterocycles. The predicted octanol–water partition coefficient (Wildman–Crippen LogP) is 3.81. The van der Waals surface area contributed by atoms with Crippen LogP contribution in [0.4, 0.5) is 0 Å². The number of allylic oxidation sites excluding steroid dienone is 2. The third kappa shape index (κ3) is 1.48. The molecule has 3 fully saturated rings. The van der Waals surface area contributed by atoms with Crippen LogP contribution in [0.2, 0.25) is 0 Å². The summed E-state index contributed by atoms with van der Waals surface area (Å²) in [7, 11) is 0. The summed E-state index contributed by atoms with van der Waals surface area (Å²) in [6.07, 6.45) is 9.58. The van der Waals surface area contributed by atoms with Gasteiger partial charge in [-0.2, -0.15) is 0 Å². The number of hydrogen-bond donors (Lipinski definition) is 0. The molecule has 3 saturated carbocycles. The third-order valence-corrected chi connectivity index (χ3v) is 7.00. The smallest absolute Gasteiger partial charge is 0.312 e. The highest BCUT2D eigenvalue weighted by atomic mass is 16.5. The Kier molecular flexibility index (Phi) is 2.66. The first-order valence-corrected chi connectivity index (χ1v) is 8.44. The maximum absolute atomic E-state index is 12.7. The van der Waals surface area contributed by atoms with Crippen LogP contribution in [0.25, 0.3) is 0 Å². The summed E-state index contributed by atoms with van der Waals surface area (Å²) in [6.45, 7) is 6.28. The second kappa shape index (κ2) is 4.11. The average Bonchev–Trinajstić information content (AvgIpc) is 3.15. The van der Waals surface area contributed by atoms with Gasteiger partial charge in [0.25, 0.3) is 0 Å². The summed E-state index contributed by atoms with van der Waals surface area (Å²) in [4.78, 5) is 12.7. The van der Waals surface area contributed by atoms with E-state index in [2.05, 4.69) is 26.0 Å². The van der Waals surface area contributed by atoms with Crippen molar-refractivity contribution in [3.63, 3.8) is 0 Å². The van der Waals surface area contributed by atoms with Crippen molar-refractivity contribution in [3.05, 3.63) is 12.2 Å². The minimum Gasteiger partial charge on any atom is -0.462 e. The molecular formula is C18H26O2. The maximum atomic E-state index is 12.7. The lowest BCUT2D eigenvalue weighted by Crippen LogP contribution is -2.43. The molecule has 8 unspecified atom stereocenters. The highest BCUT2D eigenvalue weighted by Crippen LogP contribution is 2.70. The summed E-state index contributed by atoms with van der Waals surface area (Å²) in [5.41, 5.74) is -0.201. The van der Waals surface area contributed by atoms with E-state index in [1.54, 1.807) is 0 Å². The minimum atomic E-state index is -0.201. The molecule has 0 radical (unpaired) electrons. The second-order valence-corrected chi connectivity index (χ2v) is 7.95. The lowest BCUT2D eigenvalue weighted by Gasteiger charge is -2.42. The number of rotatable bonds is 3. The summed E-state index contributed by atoms with van der Waals surface area (Å²) in [5, 5.41) is 0. The molecule has 2 nitrogen and oxygen atoms in total. The summed E-state index contributed by atoms with van der Waals surface area (Å²) >= 11 is 0. The van der Waals surface area contributed by atoms with E-state index in [1.165, 1.54) is 12.8 Å². The number of hydrogen-bond acceptors (Lipinski definition) is 2. The molecule has 0 saturated heterocycles. The van der Waals surface area contributed by atoms with Crippen LogP contribution < -0.4 is 0 Å². The fourth-order valence-electron chi connectivity index (χ4n) is 6.01. The van der Waals surface area contributed by atoms with Crippen LogP contribution in [-0.2, 0) is 9.53 Å². The quantitative estimate of drug-likeness (QED) is 0.444. The van der Waals surface area contributed by atoms with Gasteiger partial charge in [-0.1, -0.05) is 19.1 Å². The predicted molar refractivity (Wildman–Crippen MR) is 77.9 cm³/mol. The molecule has 20 heavy (non-hydrogen) atoms. The normalized spacial score (nSPS) is 52.4. The van der Waals surface area contributed by atoms with E-state index in [1.807, 2.05) is 6.92 Å². The largest absolute Gasteiger partial charge is 0.462 e. The lowest BCUT2D eigenvalue weighted by molar-refractivity contribution is -0.165. The SMILES string of the molecule is CCC(C)OC(=O)C1(C)CC2CC1C1C3C=CC(C3)C21. The Labute approximate surface area is 122 Å². The van der Waals surface area contributed by atoms with Crippen LogP contribution in [0.1, 0.15) is 46.5 Å². The van der Waals surface area contributed by atoms with E-state index in [9.17, 15) is 4.79 Å². The summed E-state index contributed by atoms with van der Waals surface area (Å²) < 4.78 is 5.71. The van der Waals surface area contributed by atoms with Crippen molar-refractivity contribution in [2.24, 2.45) is 40.9 Å². The van der Waals surface area contributed by atoms with Crippen molar-refractivity contribution in [3.8, 4) is 0 Å². The Morgan fingerprint density at radius 1 is 1.30 bits per heavy atom. The molecule has 0 aromatic rings. The molecule has 0 aromatic carbocycles. The molecule has 4 aliphatic carbocycles. The van der Waals surface area contributed by atoms with Crippen molar-refractivity contribution in [2.75, 3.05) is 0 Å². The van der Waals surface area contributed by atoms with Gasteiger partial charge in [0.05, 0.1) is 11.5 Å². The fraction of sp³-hybridized carbons (Fsp3) is 0.833. The Hall–Kier alpha value is -0.790. The van der Waals surface area contributed by atoms with Gasteiger partial charge in [0.1, 0.15) is 0 Å². The van der Waals surface area contributed by atoms with Crippen LogP contribution in [0, 0.1) is 40.9 Å². The van der Waals surface area contributed by atoms with Crippen molar-refractivity contribution >= 4 is 5.97 Å². The molecule has 4 bridgehead atoms. The first kappa shape index (κ1) is 12.9. The molecule has 0 N–H and O–H groups in total. The van der Waals surface area contributed by atoms with Gasteiger partial charge in [0, 0.05) is 0 Å². The van der Waals surface area contributed by atoms with E-state index in [0.29, 0.717) is 5.92 Å². The van der Waals surface area contributed by atoms with Gasteiger partial charge >= 0.3 is 5.97 Å². The van der Waals surface area contributed by atoms with Crippen molar-refractivity contribution < 1.29 is 9.53 Å². The van der Waals surface area contributed by atoms with Gasteiger partial charge in [0.2, 0.25) is 0 Å². The van der Waals surface area contributed by atoms with Gasteiger partial charge in [0.15, 0.2) is 0 Å². The van der Waals surface area contributed by atoms with Gasteiger partial charge in [-0.05, 0) is 75.0 Å². The Morgan fingerprint density at radius 3 is 2.70 bits per heavy atom. The van der Waals surface area contributed by atoms with Gasteiger partial charge in [-0.15, -0.1) is 0 Å². The Balaban J connectivity index is 1.57. The topological polar surface area (TPSA) is 26.3 Å². The molecule has 4 aliphatic rings. The molecule has 110 valence electrons. The molecule has 0 aromatic heterocycles. The van der Waals surface area contributed by atoms with E-state index < -0.39 is 0 Å². The Bertz CT molecular complexity index is 468. The van der Waals surface area contributed by atoms with E-state index >= 15 is 0 Å². The van der Waals surface area contributed by atoms with E-state index in [4.69, 9.17) is 4.74 Å². The minimum absolute atomic E-state index is 0.0640. The monoisotopic (exact) mass is 274 g/mol. The van der Waals surface area contributed by atoms with E-state index in [0.717, 1.165) is 42.4 Å². The zero-order chi connectivity index (χ0) is 14.1. The molecular weight excluding hydrogens is 248 g/mol. The number of fused-ring (bicyclic) bond motifs is 9. The molecule has 0 amide bonds. The molecule has 4 rings (SSSR count). The standard InChI is InChI=1S/C18H26O2/c1-4-10(2)20-17(19)18(3)9-13-8-14(18)16-12-6-5-11(7-12)15(13)16/h5-6,10-16H,4,7-9H2,1-3H3. The maximum Gasteiger partial charge on any atom is 0.312 e. The number of carbonyl (C=O) groups is 1. The zero-order valence-electron chi connectivity index (χ0n) is 12.8. The van der Waals surface area contributed by atoms with Crippen molar-refractivity contribution in [1.29, 1.82) is 0 Å². The Morgan fingerprint density at radius 2 is 2.00 bits per heavy atom. The van der Waals surface area contributed by atoms with Gasteiger partial charge < -0.3 is 4.74 Å². The number of carbonyl (C=O) groups excluding carboxylic acids is 1. The molecule has 0 spiro atoms. The number of esters is 1. The van der Waals surface area contributed by atoms with Crippen LogP contribution in [-0.4, -0.2) is 12.1 Å². The second-order valence-electron chi connectivity index (χ2n) is 7.95. The molecule has 0 heterocycles. The number of ether oxygens (including phenoxy) is 1. The van der Waals surface area contributed by atoms with Crippen molar-refractivity contribution in [1.82, 2.24) is 0 Å². The van der Waals surface area contributed by atoms with Crippen LogP contribution in [0.3, 0.4) is 0 Å². The molecule has 8 atom stereocenters. The molecule has 2 heteroatoms. The zero-order valence-corrected chi connectivity index (χ0v) is 12.8. The van der Waals surface area contributed by atoms with Crippen LogP contribution in [0.15, 0.2) is 12.2 Å². The van der Waals surface area contributed by atoms with Gasteiger partial charge in [-0.3, -0.25) is 4.79 Å². The first-order valence-electron chi connectivity index (χ1n) is 8.44. The summed E-state index contributed by atoms with van der Waals surface area (Å²) in [5.74, 6) is 4.70. The van der Waals surface area contributed by atoms with Crippen LogP contribution in [0.5, 0.6) is 0 Å². The third-order valence-electron chi connectivity index (χ3n) is 7.00. The fourth-order valence-corrected chi connectivity index (χ4v) is 6.01. The lowest BCUT2D eigenvalue weighted by atomic mass is 9.63. The summed E-state index contributed by atoms with van der Waals surface area (Å²) in [6, 6.07) is 0. The van der Waals surface area contributed by atoms with E-state index in [-0.39, 0.29) is 17.5 Å². The highest BCUT2D eigenvalue weighted by Gasteiger charge is 2.67. The first-order chi connectivity index (χ1) is 9.54. The van der Waals surface area contributed by atoms with Crippen LogP contribution >= 0.6 is 0 Å².